The Morgan fingerprint density at radius 2 is 2.00 bits per heavy atom. The maximum atomic E-state index is 12.4. The van der Waals surface area contributed by atoms with Gasteiger partial charge < -0.3 is 10.1 Å². The molecule has 1 N–H and O–H groups in total. The molecule has 2 aromatic rings. The normalized spacial score (nSPS) is 11.6. The number of aryl methyl sites for hydroxylation is 2. The zero-order valence-corrected chi connectivity index (χ0v) is 13.9. The first kappa shape index (κ1) is 17.5. The molecular weight excluding hydrogens is 308 g/mol. The van der Waals surface area contributed by atoms with Crippen LogP contribution in [0.4, 0.5) is 11.4 Å². The van der Waals surface area contributed by atoms with Crippen molar-refractivity contribution in [2.75, 3.05) is 5.32 Å². The third-order valence-corrected chi connectivity index (χ3v) is 3.61. The number of nitrogens with one attached hydrogen (secondary N) is 1. The Kier molecular flexibility index (Phi) is 5.52. The van der Waals surface area contributed by atoms with Crippen LogP contribution in [-0.2, 0) is 4.79 Å². The van der Waals surface area contributed by atoms with E-state index in [2.05, 4.69) is 5.32 Å². The fraction of sp³-hybridized carbons (Fsp3) is 0.278. The van der Waals surface area contributed by atoms with Gasteiger partial charge >= 0.3 is 0 Å². The number of ether oxygens (including phenoxy) is 1. The molecule has 24 heavy (non-hydrogen) atoms. The van der Waals surface area contributed by atoms with Crippen molar-refractivity contribution in [1.82, 2.24) is 0 Å². The van der Waals surface area contributed by atoms with Gasteiger partial charge in [-0.05, 0) is 49.6 Å². The number of benzene rings is 2. The summed E-state index contributed by atoms with van der Waals surface area (Å²) in [6.07, 6.45) is -0.132. The highest BCUT2D eigenvalue weighted by Crippen LogP contribution is 2.22. The molecule has 0 radical (unpaired) electrons. The number of hydrogen-bond donors (Lipinski definition) is 1. The summed E-state index contributed by atoms with van der Waals surface area (Å²) in [5.74, 6) is 0.355. The Bertz CT molecular complexity index is 758. The van der Waals surface area contributed by atoms with E-state index in [4.69, 9.17) is 4.74 Å². The number of non-ortho nitro benzene ring substituents is 1. The van der Waals surface area contributed by atoms with Gasteiger partial charge in [-0.3, -0.25) is 14.9 Å². The average molecular weight is 328 g/mol. The maximum absolute atomic E-state index is 12.4. The van der Waals surface area contributed by atoms with Gasteiger partial charge in [-0.15, -0.1) is 0 Å². The van der Waals surface area contributed by atoms with Crippen molar-refractivity contribution in [3.63, 3.8) is 0 Å². The highest BCUT2D eigenvalue weighted by atomic mass is 16.6. The van der Waals surface area contributed by atoms with E-state index in [1.54, 1.807) is 13.0 Å². The van der Waals surface area contributed by atoms with E-state index in [0.29, 0.717) is 23.4 Å². The number of amides is 1. The highest BCUT2D eigenvalue weighted by Gasteiger charge is 2.20. The van der Waals surface area contributed by atoms with Crippen molar-refractivity contribution in [3.05, 3.63) is 63.7 Å². The molecule has 1 atom stereocenters. The van der Waals surface area contributed by atoms with Gasteiger partial charge in [0.05, 0.1) is 4.92 Å². The number of rotatable bonds is 6. The molecule has 0 spiro atoms. The van der Waals surface area contributed by atoms with E-state index in [0.717, 1.165) is 5.56 Å². The predicted octanol–water partition coefficient (Wildman–Crippen LogP) is 4.01. The minimum atomic E-state index is -0.638. The van der Waals surface area contributed by atoms with Crippen LogP contribution < -0.4 is 10.1 Å². The minimum Gasteiger partial charge on any atom is -0.481 e. The maximum Gasteiger partial charge on any atom is 0.269 e. The lowest BCUT2D eigenvalue weighted by atomic mass is 10.1. The van der Waals surface area contributed by atoms with Crippen LogP contribution in [0.15, 0.2) is 42.5 Å². The van der Waals surface area contributed by atoms with Gasteiger partial charge in [0.2, 0.25) is 0 Å². The Morgan fingerprint density at radius 3 is 2.58 bits per heavy atom. The molecule has 0 unspecified atom stereocenters. The lowest BCUT2D eigenvalue weighted by molar-refractivity contribution is -0.384. The molecule has 0 saturated heterocycles. The number of carbonyl (C=O) groups is 1. The van der Waals surface area contributed by atoms with Crippen LogP contribution in [0, 0.1) is 24.0 Å². The Hall–Kier alpha value is -2.89. The molecule has 6 heteroatoms. The SMILES string of the molecule is CC[C@@H](Oc1cccc(C)c1)C(=O)Nc1ccc([N+](=O)[O-])cc1C. The quantitative estimate of drug-likeness (QED) is 0.641. The molecule has 126 valence electrons. The summed E-state index contributed by atoms with van der Waals surface area (Å²) in [4.78, 5) is 22.7. The monoisotopic (exact) mass is 328 g/mol. The van der Waals surface area contributed by atoms with Gasteiger partial charge in [-0.25, -0.2) is 0 Å². The second-order valence-electron chi connectivity index (χ2n) is 5.58. The average Bonchev–Trinajstić information content (AvgIpc) is 2.54. The molecule has 0 aliphatic carbocycles. The zero-order valence-electron chi connectivity index (χ0n) is 13.9. The molecule has 0 aliphatic heterocycles. The molecular formula is C18H20N2O4. The molecule has 0 heterocycles. The summed E-state index contributed by atoms with van der Waals surface area (Å²) in [6.45, 7) is 5.53. The first-order chi connectivity index (χ1) is 11.4. The van der Waals surface area contributed by atoms with Gasteiger partial charge in [0.1, 0.15) is 5.75 Å². The summed E-state index contributed by atoms with van der Waals surface area (Å²) in [7, 11) is 0. The number of hydrogen-bond acceptors (Lipinski definition) is 4. The number of nitro benzene ring substituents is 1. The number of nitro groups is 1. The largest absolute Gasteiger partial charge is 0.481 e. The molecule has 6 nitrogen and oxygen atoms in total. The smallest absolute Gasteiger partial charge is 0.269 e. The Labute approximate surface area is 140 Å². The van der Waals surface area contributed by atoms with Gasteiger partial charge in [-0.2, -0.15) is 0 Å². The molecule has 1 amide bonds. The van der Waals surface area contributed by atoms with Crippen molar-refractivity contribution in [2.45, 2.75) is 33.3 Å². The first-order valence-electron chi connectivity index (χ1n) is 7.70. The van der Waals surface area contributed by atoms with Crippen LogP contribution in [0.25, 0.3) is 0 Å². The van der Waals surface area contributed by atoms with Gasteiger partial charge in [-0.1, -0.05) is 19.1 Å². The molecule has 0 aromatic heterocycles. The molecule has 0 saturated carbocycles. The third-order valence-electron chi connectivity index (χ3n) is 3.61. The van der Waals surface area contributed by atoms with Crippen molar-refractivity contribution in [2.24, 2.45) is 0 Å². The van der Waals surface area contributed by atoms with E-state index in [-0.39, 0.29) is 11.6 Å². The molecule has 2 rings (SSSR count). The van der Waals surface area contributed by atoms with Crippen molar-refractivity contribution < 1.29 is 14.5 Å². The van der Waals surface area contributed by atoms with E-state index >= 15 is 0 Å². The number of anilines is 1. The summed E-state index contributed by atoms with van der Waals surface area (Å²) in [5, 5.41) is 13.5. The van der Waals surface area contributed by atoms with Crippen molar-refractivity contribution in [1.29, 1.82) is 0 Å². The van der Waals surface area contributed by atoms with Crippen molar-refractivity contribution in [3.8, 4) is 5.75 Å². The Balaban J connectivity index is 2.10. The number of carbonyl (C=O) groups excluding carboxylic acids is 1. The molecule has 0 fully saturated rings. The van der Waals surface area contributed by atoms with Crippen LogP contribution in [0.5, 0.6) is 5.75 Å². The van der Waals surface area contributed by atoms with E-state index in [1.165, 1.54) is 18.2 Å². The fourth-order valence-electron chi connectivity index (χ4n) is 2.29. The minimum absolute atomic E-state index is 0.00597. The molecule has 0 aliphatic rings. The van der Waals surface area contributed by atoms with Gasteiger partial charge in [0.25, 0.3) is 11.6 Å². The second-order valence-corrected chi connectivity index (χ2v) is 5.58. The van der Waals surface area contributed by atoms with Crippen LogP contribution in [0.3, 0.4) is 0 Å². The van der Waals surface area contributed by atoms with Crippen LogP contribution in [0.2, 0.25) is 0 Å². The molecule has 0 bridgehead atoms. The number of nitrogens with zero attached hydrogens (tertiary/aromatic N) is 1. The lowest BCUT2D eigenvalue weighted by Crippen LogP contribution is -2.32. The topological polar surface area (TPSA) is 81.5 Å². The van der Waals surface area contributed by atoms with Crippen molar-refractivity contribution >= 4 is 17.3 Å². The van der Waals surface area contributed by atoms with E-state index in [9.17, 15) is 14.9 Å². The zero-order chi connectivity index (χ0) is 17.7. The summed E-state index contributed by atoms with van der Waals surface area (Å²) >= 11 is 0. The van der Waals surface area contributed by atoms with Crippen LogP contribution in [-0.4, -0.2) is 16.9 Å². The van der Waals surface area contributed by atoms with Crippen LogP contribution >= 0.6 is 0 Å². The van der Waals surface area contributed by atoms with Gasteiger partial charge in [0.15, 0.2) is 6.10 Å². The standard InChI is InChI=1S/C18H20N2O4/c1-4-17(24-15-7-5-6-12(2)10-15)18(21)19-16-9-8-14(20(22)23)11-13(16)3/h5-11,17H,4H2,1-3H3,(H,19,21)/t17-/m1/s1. The highest BCUT2D eigenvalue weighted by molar-refractivity contribution is 5.95. The first-order valence-corrected chi connectivity index (χ1v) is 7.70. The van der Waals surface area contributed by atoms with E-state index in [1.807, 2.05) is 32.0 Å². The third kappa shape index (κ3) is 4.32. The van der Waals surface area contributed by atoms with Crippen LogP contribution in [0.1, 0.15) is 24.5 Å². The predicted molar refractivity (Wildman–Crippen MR) is 92.3 cm³/mol. The summed E-state index contributed by atoms with van der Waals surface area (Å²) in [6, 6.07) is 11.8. The summed E-state index contributed by atoms with van der Waals surface area (Å²) < 4.78 is 5.76. The lowest BCUT2D eigenvalue weighted by Gasteiger charge is -2.18. The second kappa shape index (κ2) is 7.59. The summed E-state index contributed by atoms with van der Waals surface area (Å²) in [5.41, 5.74) is 2.21. The van der Waals surface area contributed by atoms with E-state index < -0.39 is 11.0 Å². The van der Waals surface area contributed by atoms with Gasteiger partial charge in [0, 0.05) is 17.8 Å². The Morgan fingerprint density at radius 1 is 1.25 bits per heavy atom. The molecule has 2 aromatic carbocycles. The fourth-order valence-corrected chi connectivity index (χ4v) is 2.29.